The highest BCUT2D eigenvalue weighted by Crippen LogP contribution is 2.23. The molecule has 0 bridgehead atoms. The number of fused-ring (bicyclic) bond motifs is 1. The van der Waals surface area contributed by atoms with E-state index in [1.165, 1.54) is 0 Å². The third-order valence-electron chi connectivity index (χ3n) is 2.71. The summed E-state index contributed by atoms with van der Waals surface area (Å²) in [6, 6.07) is 0. The van der Waals surface area contributed by atoms with E-state index in [0.29, 0.717) is 23.4 Å². The molecule has 2 aromatic heterocycles. The summed E-state index contributed by atoms with van der Waals surface area (Å²) in [5.41, 5.74) is 1.34. The third-order valence-corrected chi connectivity index (χ3v) is 2.71. The van der Waals surface area contributed by atoms with Gasteiger partial charge in [0.1, 0.15) is 11.6 Å². The van der Waals surface area contributed by atoms with Crippen LogP contribution < -0.4 is 10.1 Å². The van der Waals surface area contributed by atoms with Crippen molar-refractivity contribution in [1.82, 2.24) is 19.9 Å². The highest BCUT2D eigenvalue weighted by Gasteiger charge is 2.15. The smallest absolute Gasteiger partial charge is 0.245 e. The first-order valence-corrected chi connectivity index (χ1v) is 5.67. The van der Waals surface area contributed by atoms with E-state index in [1.807, 2.05) is 6.92 Å². The molecule has 2 aromatic rings. The number of nitrogens with one attached hydrogen (secondary N) is 2. The van der Waals surface area contributed by atoms with Gasteiger partial charge in [0.2, 0.25) is 11.8 Å². The van der Waals surface area contributed by atoms with Crippen molar-refractivity contribution in [1.29, 1.82) is 0 Å². The van der Waals surface area contributed by atoms with Crippen LogP contribution in [0.25, 0.3) is 11.2 Å². The Morgan fingerprint density at radius 3 is 2.71 bits per heavy atom. The number of rotatable bonds is 4. The summed E-state index contributed by atoms with van der Waals surface area (Å²) >= 11 is 0. The van der Waals surface area contributed by atoms with E-state index in [2.05, 4.69) is 39.1 Å². The van der Waals surface area contributed by atoms with Crippen molar-refractivity contribution < 1.29 is 4.74 Å². The maximum Gasteiger partial charge on any atom is 0.245 e. The zero-order valence-corrected chi connectivity index (χ0v) is 10.5. The van der Waals surface area contributed by atoms with Crippen LogP contribution in [-0.4, -0.2) is 33.1 Å². The molecule has 0 fully saturated rings. The van der Waals surface area contributed by atoms with Gasteiger partial charge in [0.15, 0.2) is 5.65 Å². The quantitative estimate of drug-likeness (QED) is 0.845. The number of hydrogen-bond donors (Lipinski definition) is 2. The van der Waals surface area contributed by atoms with Crippen LogP contribution >= 0.6 is 0 Å². The predicted octanol–water partition coefficient (Wildman–Crippen LogP) is 1.82. The van der Waals surface area contributed by atoms with Crippen LogP contribution in [0.3, 0.4) is 0 Å². The molecule has 6 heteroatoms. The van der Waals surface area contributed by atoms with E-state index < -0.39 is 0 Å². The van der Waals surface area contributed by atoms with Crippen molar-refractivity contribution >= 4 is 17.1 Å². The lowest BCUT2D eigenvalue weighted by Gasteiger charge is -2.17. The Morgan fingerprint density at radius 1 is 1.29 bits per heavy atom. The van der Waals surface area contributed by atoms with Gasteiger partial charge in [-0.05, 0) is 12.8 Å². The standard InChI is InChI=1S/C11H17N5O/c1-6(2)7(3)17-10-8-9(14-5-13-8)15-11(12-4)16-10/h5-7H,1-4H3,(H2,12,13,14,15,16). The fraction of sp³-hybridized carbons (Fsp3) is 0.545. The van der Waals surface area contributed by atoms with Gasteiger partial charge in [0.05, 0.1) is 6.33 Å². The van der Waals surface area contributed by atoms with Crippen molar-refractivity contribution in [2.75, 3.05) is 12.4 Å². The summed E-state index contributed by atoms with van der Waals surface area (Å²) in [5.74, 6) is 1.47. The molecule has 0 saturated heterocycles. The Labute approximate surface area is 99.8 Å². The van der Waals surface area contributed by atoms with Gasteiger partial charge in [-0.15, -0.1) is 0 Å². The number of anilines is 1. The number of nitrogens with zero attached hydrogens (tertiary/aromatic N) is 3. The number of imidazole rings is 1. The van der Waals surface area contributed by atoms with Crippen LogP contribution in [0.2, 0.25) is 0 Å². The lowest BCUT2D eigenvalue weighted by Crippen LogP contribution is -2.19. The first-order chi connectivity index (χ1) is 8.11. The number of hydrogen-bond acceptors (Lipinski definition) is 5. The Kier molecular flexibility index (Phi) is 3.12. The zero-order chi connectivity index (χ0) is 12.4. The fourth-order valence-corrected chi connectivity index (χ4v) is 1.32. The van der Waals surface area contributed by atoms with Gasteiger partial charge >= 0.3 is 0 Å². The minimum absolute atomic E-state index is 0.0844. The van der Waals surface area contributed by atoms with Crippen molar-refractivity contribution in [2.24, 2.45) is 5.92 Å². The molecule has 2 N–H and O–H groups in total. The van der Waals surface area contributed by atoms with Crippen LogP contribution in [0.4, 0.5) is 5.95 Å². The second-order valence-corrected chi connectivity index (χ2v) is 4.27. The van der Waals surface area contributed by atoms with Gasteiger partial charge in [-0.2, -0.15) is 9.97 Å². The molecule has 1 unspecified atom stereocenters. The number of aromatic nitrogens is 4. The highest BCUT2D eigenvalue weighted by molar-refractivity contribution is 5.76. The fourth-order valence-electron chi connectivity index (χ4n) is 1.32. The first kappa shape index (κ1) is 11.6. The molecule has 92 valence electrons. The SMILES string of the molecule is CNc1nc(OC(C)C(C)C)c2[nH]cnc2n1. The lowest BCUT2D eigenvalue weighted by atomic mass is 10.1. The van der Waals surface area contributed by atoms with E-state index in [0.717, 1.165) is 5.52 Å². The summed E-state index contributed by atoms with van der Waals surface area (Å²) in [7, 11) is 1.77. The van der Waals surface area contributed by atoms with Gasteiger partial charge in [0, 0.05) is 7.05 Å². The maximum atomic E-state index is 5.83. The van der Waals surface area contributed by atoms with Crippen molar-refractivity contribution in [3.63, 3.8) is 0 Å². The van der Waals surface area contributed by atoms with Gasteiger partial charge in [0.25, 0.3) is 0 Å². The molecule has 17 heavy (non-hydrogen) atoms. The molecule has 0 aromatic carbocycles. The van der Waals surface area contributed by atoms with E-state index in [1.54, 1.807) is 13.4 Å². The van der Waals surface area contributed by atoms with Crippen molar-refractivity contribution in [3.8, 4) is 5.88 Å². The summed E-state index contributed by atoms with van der Waals surface area (Å²) in [4.78, 5) is 15.6. The molecule has 0 aliphatic heterocycles. The van der Waals surface area contributed by atoms with Gasteiger partial charge in [-0.1, -0.05) is 13.8 Å². The molecule has 1 atom stereocenters. The summed E-state index contributed by atoms with van der Waals surface area (Å²) in [6.07, 6.45) is 1.67. The Morgan fingerprint density at radius 2 is 2.06 bits per heavy atom. The second kappa shape index (κ2) is 4.57. The molecular formula is C11H17N5O. The van der Waals surface area contributed by atoms with Gasteiger partial charge in [-0.3, -0.25) is 0 Å². The molecule has 2 heterocycles. The van der Waals surface area contributed by atoms with Crippen LogP contribution in [0.5, 0.6) is 5.88 Å². The van der Waals surface area contributed by atoms with Gasteiger partial charge in [-0.25, -0.2) is 4.98 Å². The van der Waals surface area contributed by atoms with E-state index in [4.69, 9.17) is 4.74 Å². The average Bonchev–Trinajstić information content (AvgIpc) is 2.76. The molecule has 0 saturated carbocycles. The minimum atomic E-state index is 0.0844. The van der Waals surface area contributed by atoms with Gasteiger partial charge < -0.3 is 15.0 Å². The predicted molar refractivity (Wildman–Crippen MR) is 66.2 cm³/mol. The number of ether oxygens (including phenoxy) is 1. The number of aromatic amines is 1. The summed E-state index contributed by atoms with van der Waals surface area (Å²) < 4.78 is 5.83. The Bertz CT molecular complexity index is 508. The second-order valence-electron chi connectivity index (χ2n) is 4.27. The molecule has 0 spiro atoms. The normalized spacial score (nSPS) is 13.0. The van der Waals surface area contributed by atoms with E-state index >= 15 is 0 Å². The Hall–Kier alpha value is -1.85. The van der Waals surface area contributed by atoms with E-state index in [9.17, 15) is 0 Å². The van der Waals surface area contributed by atoms with Crippen molar-refractivity contribution in [3.05, 3.63) is 6.33 Å². The monoisotopic (exact) mass is 235 g/mol. The molecule has 0 amide bonds. The third kappa shape index (κ3) is 2.30. The molecule has 0 radical (unpaired) electrons. The average molecular weight is 235 g/mol. The minimum Gasteiger partial charge on any atom is -0.473 e. The number of H-pyrrole nitrogens is 1. The van der Waals surface area contributed by atoms with E-state index in [-0.39, 0.29) is 6.10 Å². The molecule has 0 aliphatic carbocycles. The summed E-state index contributed by atoms with van der Waals surface area (Å²) in [6.45, 7) is 6.23. The highest BCUT2D eigenvalue weighted by atomic mass is 16.5. The zero-order valence-electron chi connectivity index (χ0n) is 10.5. The first-order valence-electron chi connectivity index (χ1n) is 5.67. The maximum absolute atomic E-state index is 5.83. The lowest BCUT2D eigenvalue weighted by molar-refractivity contribution is 0.165. The van der Waals surface area contributed by atoms with Crippen LogP contribution in [0, 0.1) is 5.92 Å². The largest absolute Gasteiger partial charge is 0.473 e. The van der Waals surface area contributed by atoms with Crippen LogP contribution in [0.1, 0.15) is 20.8 Å². The molecular weight excluding hydrogens is 218 g/mol. The van der Waals surface area contributed by atoms with Crippen molar-refractivity contribution in [2.45, 2.75) is 26.9 Å². The van der Waals surface area contributed by atoms with Crippen LogP contribution in [-0.2, 0) is 0 Å². The summed E-state index contributed by atoms with van der Waals surface area (Å²) in [5, 5.41) is 2.90. The van der Waals surface area contributed by atoms with Crippen LogP contribution in [0.15, 0.2) is 6.33 Å². The molecule has 2 rings (SSSR count). The molecule has 0 aliphatic rings. The topological polar surface area (TPSA) is 75.7 Å². The molecule has 6 nitrogen and oxygen atoms in total. The Balaban J connectivity index is 2.40.